The van der Waals surface area contributed by atoms with Gasteiger partial charge in [-0.2, -0.15) is 11.8 Å². The van der Waals surface area contributed by atoms with E-state index < -0.39 is 0 Å². The molecule has 1 aromatic rings. The summed E-state index contributed by atoms with van der Waals surface area (Å²) in [5, 5.41) is 3.14. The molecular weight excluding hydrogens is 197 g/mol. The van der Waals surface area contributed by atoms with Crippen LogP contribution in [0.2, 0.25) is 0 Å². The Morgan fingerprint density at radius 3 is 2.71 bits per heavy atom. The topological polar surface area (TPSA) is 12.0 Å². The first-order valence-electron chi connectivity index (χ1n) is 4.70. The molecule has 0 aliphatic carbocycles. The van der Waals surface area contributed by atoms with Crippen LogP contribution in [-0.4, -0.2) is 19.1 Å². The van der Waals surface area contributed by atoms with E-state index in [0.29, 0.717) is 0 Å². The maximum atomic E-state index is 13.4. The molecule has 0 heterocycles. The lowest BCUT2D eigenvalue weighted by molar-refractivity contribution is 0.528. The number of benzene rings is 1. The molecule has 78 valence electrons. The van der Waals surface area contributed by atoms with Crippen LogP contribution < -0.4 is 5.32 Å². The molecule has 0 radical (unpaired) electrons. The Hall–Kier alpha value is -0.540. The fourth-order valence-corrected chi connectivity index (χ4v) is 1.92. The summed E-state index contributed by atoms with van der Waals surface area (Å²) < 4.78 is 13.4. The molecule has 0 bridgehead atoms. The predicted molar refractivity (Wildman–Crippen MR) is 61.2 cm³/mol. The van der Waals surface area contributed by atoms with Gasteiger partial charge in [-0.15, -0.1) is 0 Å². The lowest BCUT2D eigenvalue weighted by atomic mass is 10.0. The molecule has 0 spiro atoms. The fraction of sp³-hybridized carbons (Fsp3) is 0.455. The third kappa shape index (κ3) is 3.00. The predicted octanol–water partition coefficient (Wildman–Crippen LogP) is 2.84. The van der Waals surface area contributed by atoms with Gasteiger partial charge in [0.2, 0.25) is 0 Å². The van der Waals surface area contributed by atoms with Gasteiger partial charge in [-0.1, -0.05) is 18.2 Å². The van der Waals surface area contributed by atoms with Crippen LogP contribution in [0.4, 0.5) is 4.39 Å². The average molecular weight is 213 g/mol. The van der Waals surface area contributed by atoms with Crippen molar-refractivity contribution in [3.8, 4) is 0 Å². The normalized spacial score (nSPS) is 12.8. The molecule has 0 aliphatic rings. The second kappa shape index (κ2) is 6.04. The molecule has 3 heteroatoms. The first kappa shape index (κ1) is 11.5. The molecule has 14 heavy (non-hydrogen) atoms. The van der Waals surface area contributed by atoms with Crippen molar-refractivity contribution >= 4 is 11.8 Å². The van der Waals surface area contributed by atoms with E-state index in [-0.39, 0.29) is 11.9 Å². The largest absolute Gasteiger partial charge is 0.313 e. The van der Waals surface area contributed by atoms with E-state index in [1.807, 2.05) is 19.2 Å². The third-order valence-corrected chi connectivity index (χ3v) is 2.88. The van der Waals surface area contributed by atoms with Gasteiger partial charge in [0, 0.05) is 11.6 Å². The Bertz CT molecular complexity index is 278. The van der Waals surface area contributed by atoms with Crippen LogP contribution in [0.3, 0.4) is 0 Å². The van der Waals surface area contributed by atoms with E-state index in [0.717, 1.165) is 17.7 Å². The van der Waals surface area contributed by atoms with Gasteiger partial charge in [-0.3, -0.25) is 0 Å². The lowest BCUT2D eigenvalue weighted by Crippen LogP contribution is -2.18. The standard InChI is InChI=1S/C11H16FNS/c1-13-11(7-8-14-2)9-5-3-4-6-10(9)12/h3-6,11,13H,7-8H2,1-2H3. The SMILES string of the molecule is CNC(CCSC)c1ccccc1F. The van der Waals surface area contributed by atoms with Crippen molar-refractivity contribution in [2.75, 3.05) is 19.1 Å². The number of thioether (sulfide) groups is 1. The van der Waals surface area contributed by atoms with E-state index in [4.69, 9.17) is 0 Å². The van der Waals surface area contributed by atoms with Crippen LogP contribution in [0, 0.1) is 5.82 Å². The summed E-state index contributed by atoms with van der Waals surface area (Å²) >= 11 is 1.78. The van der Waals surface area contributed by atoms with Gasteiger partial charge < -0.3 is 5.32 Å². The van der Waals surface area contributed by atoms with Crippen molar-refractivity contribution < 1.29 is 4.39 Å². The van der Waals surface area contributed by atoms with E-state index in [1.54, 1.807) is 17.8 Å². The van der Waals surface area contributed by atoms with Crippen LogP contribution in [0.15, 0.2) is 24.3 Å². The molecule has 1 unspecified atom stereocenters. The van der Waals surface area contributed by atoms with Gasteiger partial charge in [0.15, 0.2) is 0 Å². The molecule has 1 atom stereocenters. The minimum atomic E-state index is -0.118. The molecule has 1 aromatic carbocycles. The highest BCUT2D eigenvalue weighted by atomic mass is 32.2. The fourth-order valence-electron chi connectivity index (χ4n) is 1.45. The molecule has 0 aliphatic heterocycles. The second-order valence-corrected chi connectivity index (χ2v) is 4.13. The van der Waals surface area contributed by atoms with Crippen molar-refractivity contribution in [1.82, 2.24) is 5.32 Å². The van der Waals surface area contributed by atoms with E-state index in [2.05, 4.69) is 11.6 Å². The van der Waals surface area contributed by atoms with Gasteiger partial charge in [0.25, 0.3) is 0 Å². The highest BCUT2D eigenvalue weighted by molar-refractivity contribution is 7.98. The zero-order valence-electron chi connectivity index (χ0n) is 8.59. The zero-order chi connectivity index (χ0) is 10.4. The van der Waals surface area contributed by atoms with Crippen molar-refractivity contribution in [2.45, 2.75) is 12.5 Å². The minimum absolute atomic E-state index is 0.118. The maximum absolute atomic E-state index is 13.4. The highest BCUT2D eigenvalue weighted by Gasteiger charge is 2.12. The van der Waals surface area contributed by atoms with Crippen molar-refractivity contribution in [3.05, 3.63) is 35.6 Å². The van der Waals surface area contributed by atoms with Crippen molar-refractivity contribution in [2.24, 2.45) is 0 Å². The number of hydrogen-bond acceptors (Lipinski definition) is 2. The summed E-state index contributed by atoms with van der Waals surface area (Å²) in [6, 6.07) is 7.08. The average Bonchev–Trinajstić information content (AvgIpc) is 2.21. The monoisotopic (exact) mass is 213 g/mol. The van der Waals surface area contributed by atoms with Crippen LogP contribution in [0.25, 0.3) is 0 Å². The smallest absolute Gasteiger partial charge is 0.127 e. The summed E-state index contributed by atoms with van der Waals surface area (Å²) in [6.45, 7) is 0. The molecule has 1 nitrogen and oxygen atoms in total. The summed E-state index contributed by atoms with van der Waals surface area (Å²) in [6.07, 6.45) is 3.02. The van der Waals surface area contributed by atoms with E-state index in [1.165, 1.54) is 6.07 Å². The lowest BCUT2D eigenvalue weighted by Gasteiger charge is -2.16. The third-order valence-electron chi connectivity index (χ3n) is 2.24. The zero-order valence-corrected chi connectivity index (χ0v) is 9.40. The Morgan fingerprint density at radius 2 is 2.14 bits per heavy atom. The van der Waals surface area contributed by atoms with Crippen LogP contribution in [0.5, 0.6) is 0 Å². The van der Waals surface area contributed by atoms with Crippen LogP contribution in [-0.2, 0) is 0 Å². The van der Waals surface area contributed by atoms with Gasteiger partial charge in [-0.05, 0) is 31.5 Å². The Kier molecular flexibility index (Phi) is 4.98. The first-order chi connectivity index (χ1) is 6.79. The number of rotatable bonds is 5. The van der Waals surface area contributed by atoms with Crippen molar-refractivity contribution in [3.63, 3.8) is 0 Å². The van der Waals surface area contributed by atoms with E-state index >= 15 is 0 Å². The summed E-state index contributed by atoms with van der Waals surface area (Å²) in [4.78, 5) is 0. The first-order valence-corrected chi connectivity index (χ1v) is 6.09. The molecular formula is C11H16FNS. The van der Waals surface area contributed by atoms with Gasteiger partial charge in [0.05, 0.1) is 0 Å². The number of nitrogens with one attached hydrogen (secondary N) is 1. The minimum Gasteiger partial charge on any atom is -0.313 e. The molecule has 0 amide bonds. The molecule has 1 N–H and O–H groups in total. The summed E-state index contributed by atoms with van der Waals surface area (Å²) in [5.41, 5.74) is 0.768. The Balaban J connectivity index is 2.73. The molecule has 0 saturated carbocycles. The van der Waals surface area contributed by atoms with E-state index in [9.17, 15) is 4.39 Å². The number of halogens is 1. The molecule has 0 fully saturated rings. The van der Waals surface area contributed by atoms with Gasteiger partial charge in [0.1, 0.15) is 5.82 Å². The van der Waals surface area contributed by atoms with Gasteiger partial charge >= 0.3 is 0 Å². The Morgan fingerprint density at radius 1 is 1.43 bits per heavy atom. The summed E-state index contributed by atoms with van der Waals surface area (Å²) in [7, 11) is 1.87. The molecule has 1 rings (SSSR count). The quantitative estimate of drug-likeness (QED) is 0.807. The van der Waals surface area contributed by atoms with Crippen LogP contribution >= 0.6 is 11.8 Å². The van der Waals surface area contributed by atoms with Gasteiger partial charge in [-0.25, -0.2) is 4.39 Å². The van der Waals surface area contributed by atoms with Crippen molar-refractivity contribution in [1.29, 1.82) is 0 Å². The highest BCUT2D eigenvalue weighted by Crippen LogP contribution is 2.20. The second-order valence-electron chi connectivity index (χ2n) is 3.14. The number of hydrogen-bond donors (Lipinski definition) is 1. The Labute approximate surface area is 89.1 Å². The summed E-state index contributed by atoms with van der Waals surface area (Å²) in [5.74, 6) is 0.924. The maximum Gasteiger partial charge on any atom is 0.127 e. The molecule has 0 saturated heterocycles. The molecule has 0 aromatic heterocycles. The van der Waals surface area contributed by atoms with Crippen LogP contribution in [0.1, 0.15) is 18.0 Å².